The zero-order chi connectivity index (χ0) is 21.3. The minimum atomic E-state index is -0.959. The van der Waals surface area contributed by atoms with Gasteiger partial charge in [0, 0.05) is 31.1 Å². The molecule has 0 fully saturated rings. The molecular formula is C20H26ClFN6O2. The number of carboxylic acid groups (broad SMARTS) is 1. The Balaban J connectivity index is 0.00000320. The van der Waals surface area contributed by atoms with E-state index in [4.69, 9.17) is 5.73 Å². The molecule has 2 heterocycles. The number of aromatic nitrogens is 4. The van der Waals surface area contributed by atoms with E-state index in [0.29, 0.717) is 47.8 Å². The highest BCUT2D eigenvalue weighted by molar-refractivity contribution is 5.86. The summed E-state index contributed by atoms with van der Waals surface area (Å²) in [6, 6.07) is 6.16. The molecule has 10 heteroatoms. The standard InChI is InChI=1S/C20H25FN6O2.ClH/c1-5-27(19(28)29)20(2,3)10-9-14-23-16(22)15-18(24-14)26(4)17(25-15)12-7-6-8-13(21)11-12;/h6-8,11H,5,9-10H2,1-4H3,(H,28,29)(H2,22,23,24);1H. The average molecular weight is 437 g/mol. The number of nitrogen functional groups attached to an aromatic ring is 1. The Kier molecular flexibility index (Phi) is 6.87. The molecule has 2 aromatic heterocycles. The highest BCUT2D eigenvalue weighted by atomic mass is 35.5. The summed E-state index contributed by atoms with van der Waals surface area (Å²) in [5, 5.41) is 9.39. The van der Waals surface area contributed by atoms with Crippen LogP contribution in [0.5, 0.6) is 0 Å². The van der Waals surface area contributed by atoms with E-state index < -0.39 is 11.6 Å². The van der Waals surface area contributed by atoms with Crippen LogP contribution in [0.1, 0.15) is 33.0 Å². The second-order valence-corrected chi connectivity index (χ2v) is 7.54. The summed E-state index contributed by atoms with van der Waals surface area (Å²) in [6.45, 7) is 5.94. The monoisotopic (exact) mass is 436 g/mol. The van der Waals surface area contributed by atoms with Gasteiger partial charge in [0.05, 0.1) is 0 Å². The van der Waals surface area contributed by atoms with E-state index in [1.54, 1.807) is 30.7 Å². The van der Waals surface area contributed by atoms with Crippen molar-refractivity contribution in [2.75, 3.05) is 12.3 Å². The molecule has 3 aromatic rings. The van der Waals surface area contributed by atoms with Gasteiger partial charge in [-0.2, -0.15) is 0 Å². The van der Waals surface area contributed by atoms with E-state index >= 15 is 0 Å². The fraction of sp³-hybridized carbons (Fsp3) is 0.400. The topological polar surface area (TPSA) is 110 Å². The molecule has 0 spiro atoms. The number of imidazole rings is 1. The maximum atomic E-state index is 13.6. The van der Waals surface area contributed by atoms with E-state index in [-0.39, 0.29) is 24.0 Å². The van der Waals surface area contributed by atoms with Crippen LogP contribution in [0, 0.1) is 5.82 Å². The Morgan fingerprint density at radius 2 is 2.00 bits per heavy atom. The number of halogens is 2. The van der Waals surface area contributed by atoms with Crippen LogP contribution in [-0.4, -0.2) is 47.7 Å². The summed E-state index contributed by atoms with van der Waals surface area (Å²) < 4.78 is 15.4. The van der Waals surface area contributed by atoms with Gasteiger partial charge in [-0.25, -0.2) is 24.1 Å². The minimum Gasteiger partial charge on any atom is -0.465 e. The fourth-order valence-corrected chi connectivity index (χ4v) is 3.50. The van der Waals surface area contributed by atoms with Gasteiger partial charge in [0.25, 0.3) is 0 Å². The number of amides is 1. The normalized spacial score (nSPS) is 11.4. The van der Waals surface area contributed by atoms with Crippen molar-refractivity contribution in [2.45, 2.75) is 39.2 Å². The molecule has 30 heavy (non-hydrogen) atoms. The van der Waals surface area contributed by atoms with Gasteiger partial charge in [-0.05, 0) is 39.3 Å². The van der Waals surface area contributed by atoms with Gasteiger partial charge >= 0.3 is 6.09 Å². The van der Waals surface area contributed by atoms with E-state index in [9.17, 15) is 14.3 Å². The molecule has 0 saturated heterocycles. The van der Waals surface area contributed by atoms with E-state index in [0.717, 1.165) is 0 Å². The Hall–Kier alpha value is -2.94. The molecule has 1 amide bonds. The van der Waals surface area contributed by atoms with E-state index in [2.05, 4.69) is 15.0 Å². The van der Waals surface area contributed by atoms with E-state index in [1.807, 2.05) is 13.8 Å². The molecule has 0 saturated carbocycles. The summed E-state index contributed by atoms with van der Waals surface area (Å²) in [5.74, 6) is 0.946. The third-order valence-electron chi connectivity index (χ3n) is 5.11. The molecule has 3 rings (SSSR count). The second kappa shape index (κ2) is 8.83. The number of benzene rings is 1. The summed E-state index contributed by atoms with van der Waals surface area (Å²) in [7, 11) is 1.79. The van der Waals surface area contributed by atoms with Crippen LogP contribution in [0.25, 0.3) is 22.6 Å². The maximum absolute atomic E-state index is 13.6. The van der Waals surface area contributed by atoms with Crippen molar-refractivity contribution in [3.63, 3.8) is 0 Å². The Morgan fingerprint density at radius 1 is 1.30 bits per heavy atom. The molecule has 0 atom stereocenters. The number of fused-ring (bicyclic) bond motifs is 1. The maximum Gasteiger partial charge on any atom is 0.407 e. The minimum absolute atomic E-state index is 0. The average Bonchev–Trinajstić information content (AvgIpc) is 2.98. The first-order chi connectivity index (χ1) is 13.6. The lowest BCUT2D eigenvalue weighted by Gasteiger charge is -2.35. The number of anilines is 1. The Labute approximate surface area is 180 Å². The number of hydrogen-bond acceptors (Lipinski definition) is 5. The van der Waals surface area contributed by atoms with Gasteiger partial charge in [-0.1, -0.05) is 12.1 Å². The smallest absolute Gasteiger partial charge is 0.407 e. The van der Waals surface area contributed by atoms with Crippen molar-refractivity contribution in [3.05, 3.63) is 35.9 Å². The second-order valence-electron chi connectivity index (χ2n) is 7.54. The SMILES string of the molecule is CCN(C(=O)O)C(C)(C)CCc1nc(N)c2nc(-c3cccc(F)c3)n(C)c2n1.Cl. The van der Waals surface area contributed by atoms with Crippen LogP contribution in [0.4, 0.5) is 15.0 Å². The van der Waals surface area contributed by atoms with Crippen molar-refractivity contribution >= 4 is 35.5 Å². The Morgan fingerprint density at radius 3 is 2.60 bits per heavy atom. The number of nitrogens with two attached hydrogens (primary N) is 1. The lowest BCUT2D eigenvalue weighted by Crippen LogP contribution is -2.47. The van der Waals surface area contributed by atoms with Gasteiger partial charge < -0.3 is 20.3 Å². The van der Waals surface area contributed by atoms with Crippen molar-refractivity contribution in [3.8, 4) is 11.4 Å². The molecular weight excluding hydrogens is 411 g/mol. The first-order valence-corrected chi connectivity index (χ1v) is 9.39. The molecule has 0 aliphatic heterocycles. The number of carbonyl (C=O) groups is 1. The van der Waals surface area contributed by atoms with Crippen molar-refractivity contribution < 1.29 is 14.3 Å². The van der Waals surface area contributed by atoms with Crippen molar-refractivity contribution in [1.82, 2.24) is 24.4 Å². The predicted octanol–water partition coefficient (Wildman–Crippen LogP) is 3.88. The van der Waals surface area contributed by atoms with E-state index in [1.165, 1.54) is 17.0 Å². The molecule has 1 aromatic carbocycles. The molecule has 162 valence electrons. The molecule has 3 N–H and O–H groups in total. The number of aryl methyl sites for hydroxylation is 2. The molecule has 0 radical (unpaired) electrons. The third-order valence-corrected chi connectivity index (χ3v) is 5.11. The lowest BCUT2D eigenvalue weighted by molar-refractivity contribution is 0.0915. The summed E-state index contributed by atoms with van der Waals surface area (Å²) in [4.78, 5) is 26.3. The van der Waals surface area contributed by atoms with Crippen molar-refractivity contribution in [2.24, 2.45) is 7.05 Å². The largest absolute Gasteiger partial charge is 0.465 e. The van der Waals surface area contributed by atoms with Crippen LogP contribution in [0.2, 0.25) is 0 Å². The van der Waals surface area contributed by atoms with Gasteiger partial charge in [0.1, 0.15) is 17.5 Å². The summed E-state index contributed by atoms with van der Waals surface area (Å²) in [5.41, 5.74) is 7.16. The predicted molar refractivity (Wildman–Crippen MR) is 116 cm³/mol. The van der Waals surface area contributed by atoms with Crippen molar-refractivity contribution in [1.29, 1.82) is 0 Å². The van der Waals surface area contributed by atoms with Crippen LogP contribution in [0.15, 0.2) is 24.3 Å². The van der Waals surface area contributed by atoms with Gasteiger partial charge in [0.2, 0.25) is 0 Å². The zero-order valence-electron chi connectivity index (χ0n) is 17.4. The Bertz CT molecular complexity index is 1070. The first kappa shape index (κ1) is 23.3. The quantitative estimate of drug-likeness (QED) is 0.606. The lowest BCUT2D eigenvalue weighted by atomic mass is 9.96. The van der Waals surface area contributed by atoms with Crippen LogP contribution in [-0.2, 0) is 13.5 Å². The summed E-state index contributed by atoms with van der Waals surface area (Å²) >= 11 is 0. The molecule has 0 bridgehead atoms. The molecule has 0 aliphatic rings. The number of nitrogens with zero attached hydrogens (tertiary/aromatic N) is 5. The number of hydrogen-bond donors (Lipinski definition) is 2. The highest BCUT2D eigenvalue weighted by Gasteiger charge is 2.29. The van der Waals surface area contributed by atoms with Crippen LogP contribution in [0.3, 0.4) is 0 Å². The van der Waals surface area contributed by atoms with Gasteiger partial charge in [-0.15, -0.1) is 12.4 Å². The van der Waals surface area contributed by atoms with Gasteiger partial charge in [0.15, 0.2) is 17.0 Å². The first-order valence-electron chi connectivity index (χ1n) is 9.39. The van der Waals surface area contributed by atoms with Crippen LogP contribution >= 0.6 is 12.4 Å². The fourth-order valence-electron chi connectivity index (χ4n) is 3.50. The van der Waals surface area contributed by atoms with Gasteiger partial charge in [-0.3, -0.25) is 0 Å². The zero-order valence-corrected chi connectivity index (χ0v) is 18.2. The molecule has 0 aliphatic carbocycles. The third kappa shape index (κ3) is 4.46. The molecule has 8 nitrogen and oxygen atoms in total. The summed E-state index contributed by atoms with van der Waals surface area (Å²) in [6.07, 6.45) is 0.0316. The van der Waals surface area contributed by atoms with Crippen LogP contribution < -0.4 is 5.73 Å². The molecule has 0 unspecified atom stereocenters. The highest BCUT2D eigenvalue weighted by Crippen LogP contribution is 2.27. The number of rotatable bonds is 6.